The number of hydrogen-bond acceptors (Lipinski definition) is 4. The molecule has 0 aliphatic carbocycles. The predicted octanol–water partition coefficient (Wildman–Crippen LogP) is 3.09. The van der Waals surface area contributed by atoms with Gasteiger partial charge in [-0.05, 0) is 29.9 Å². The highest BCUT2D eigenvalue weighted by atomic mass is 32.1. The first-order chi connectivity index (χ1) is 7.24. The molecule has 0 fully saturated rings. The van der Waals surface area contributed by atoms with E-state index >= 15 is 0 Å². The molecule has 0 aliphatic rings. The van der Waals surface area contributed by atoms with Gasteiger partial charge in [0.25, 0.3) is 0 Å². The second-order valence-electron chi connectivity index (χ2n) is 2.71. The monoisotopic (exact) mass is 239 g/mol. The predicted molar refractivity (Wildman–Crippen MR) is 61.0 cm³/mol. The number of aliphatic imine (C=N–C) groups is 1. The Balaban J connectivity index is 2.18. The third-order valence-electron chi connectivity index (χ3n) is 1.62. The van der Waals surface area contributed by atoms with Crippen molar-refractivity contribution in [2.45, 2.75) is 0 Å². The van der Waals surface area contributed by atoms with Crippen molar-refractivity contribution in [2.75, 3.05) is 0 Å². The SMILES string of the molecule is Fc1ccc(C=Nc2n[nH]c(=S)s2)cc1. The van der Waals surface area contributed by atoms with E-state index in [0.717, 1.165) is 5.56 Å². The highest BCUT2D eigenvalue weighted by Gasteiger charge is 1.93. The fourth-order valence-corrected chi connectivity index (χ4v) is 1.68. The minimum Gasteiger partial charge on any atom is -0.256 e. The molecule has 3 nitrogen and oxygen atoms in total. The van der Waals surface area contributed by atoms with Gasteiger partial charge in [-0.15, -0.1) is 5.10 Å². The van der Waals surface area contributed by atoms with Crippen LogP contribution in [0.1, 0.15) is 5.56 Å². The van der Waals surface area contributed by atoms with Crippen LogP contribution < -0.4 is 0 Å². The van der Waals surface area contributed by atoms with E-state index in [1.165, 1.54) is 23.5 Å². The molecule has 0 aliphatic heterocycles. The van der Waals surface area contributed by atoms with Crippen molar-refractivity contribution in [1.82, 2.24) is 10.2 Å². The van der Waals surface area contributed by atoms with E-state index in [1.54, 1.807) is 18.3 Å². The molecular formula is C9H6FN3S2. The first kappa shape index (κ1) is 10.1. The molecule has 1 heterocycles. The molecule has 0 unspecified atom stereocenters. The zero-order chi connectivity index (χ0) is 10.7. The highest BCUT2D eigenvalue weighted by Crippen LogP contribution is 2.14. The maximum absolute atomic E-state index is 12.6. The number of hydrogen-bond donors (Lipinski definition) is 1. The number of benzene rings is 1. The molecule has 0 spiro atoms. The van der Waals surface area contributed by atoms with E-state index in [9.17, 15) is 4.39 Å². The highest BCUT2D eigenvalue weighted by molar-refractivity contribution is 7.73. The van der Waals surface area contributed by atoms with Gasteiger partial charge < -0.3 is 0 Å². The molecular weight excluding hydrogens is 233 g/mol. The zero-order valence-corrected chi connectivity index (χ0v) is 9.11. The van der Waals surface area contributed by atoms with Gasteiger partial charge in [0, 0.05) is 6.21 Å². The average Bonchev–Trinajstić information content (AvgIpc) is 2.64. The van der Waals surface area contributed by atoms with Crippen molar-refractivity contribution < 1.29 is 4.39 Å². The number of H-pyrrole nitrogens is 1. The second-order valence-corrected chi connectivity index (χ2v) is 4.35. The molecule has 1 aromatic carbocycles. The Labute approximate surface area is 94.3 Å². The van der Waals surface area contributed by atoms with Crippen molar-refractivity contribution in [3.8, 4) is 0 Å². The molecule has 6 heteroatoms. The van der Waals surface area contributed by atoms with Gasteiger partial charge in [-0.3, -0.25) is 5.10 Å². The Morgan fingerprint density at radius 1 is 1.40 bits per heavy atom. The van der Waals surface area contributed by atoms with Gasteiger partial charge in [0.1, 0.15) is 5.82 Å². The van der Waals surface area contributed by atoms with Crippen LogP contribution in [-0.4, -0.2) is 16.4 Å². The maximum atomic E-state index is 12.6. The van der Waals surface area contributed by atoms with Crippen molar-refractivity contribution >= 4 is 34.9 Å². The van der Waals surface area contributed by atoms with Gasteiger partial charge in [0.05, 0.1) is 0 Å². The van der Waals surface area contributed by atoms with Crippen LogP contribution in [0.15, 0.2) is 29.3 Å². The quantitative estimate of drug-likeness (QED) is 0.646. The number of nitrogens with zero attached hydrogens (tertiary/aromatic N) is 2. The van der Waals surface area contributed by atoms with E-state index in [-0.39, 0.29) is 5.82 Å². The van der Waals surface area contributed by atoms with Crippen LogP contribution >= 0.6 is 23.6 Å². The Hall–Kier alpha value is -1.40. The number of rotatable bonds is 2. The van der Waals surface area contributed by atoms with E-state index in [2.05, 4.69) is 15.2 Å². The van der Waals surface area contributed by atoms with Crippen LogP contribution in [0.3, 0.4) is 0 Å². The van der Waals surface area contributed by atoms with E-state index < -0.39 is 0 Å². The van der Waals surface area contributed by atoms with Crippen LogP contribution in [0.25, 0.3) is 0 Å². The first-order valence-corrected chi connectivity index (χ1v) is 5.32. The molecule has 0 saturated carbocycles. The minimum absolute atomic E-state index is 0.262. The molecule has 1 N–H and O–H groups in total. The molecule has 2 aromatic rings. The van der Waals surface area contributed by atoms with Crippen LogP contribution in [0.5, 0.6) is 0 Å². The van der Waals surface area contributed by atoms with E-state index in [4.69, 9.17) is 12.2 Å². The van der Waals surface area contributed by atoms with Gasteiger partial charge in [-0.1, -0.05) is 23.5 Å². The lowest BCUT2D eigenvalue weighted by Crippen LogP contribution is -1.80. The van der Waals surface area contributed by atoms with E-state index in [1.807, 2.05) is 0 Å². The summed E-state index contributed by atoms with van der Waals surface area (Å²) in [5.41, 5.74) is 0.817. The van der Waals surface area contributed by atoms with Gasteiger partial charge in [0.15, 0.2) is 3.95 Å². The summed E-state index contributed by atoms with van der Waals surface area (Å²) in [4.78, 5) is 4.09. The average molecular weight is 239 g/mol. The van der Waals surface area contributed by atoms with Crippen molar-refractivity contribution in [3.63, 3.8) is 0 Å². The summed E-state index contributed by atoms with van der Waals surface area (Å²) in [5, 5.41) is 7.05. The van der Waals surface area contributed by atoms with Gasteiger partial charge in [-0.2, -0.15) is 0 Å². The Morgan fingerprint density at radius 2 is 2.13 bits per heavy atom. The molecule has 0 amide bonds. The number of halogens is 1. The zero-order valence-electron chi connectivity index (χ0n) is 7.48. The fourth-order valence-electron chi connectivity index (χ4n) is 0.956. The first-order valence-electron chi connectivity index (χ1n) is 4.09. The van der Waals surface area contributed by atoms with Crippen LogP contribution in [0.4, 0.5) is 9.52 Å². The summed E-state index contributed by atoms with van der Waals surface area (Å²) < 4.78 is 13.2. The summed E-state index contributed by atoms with van der Waals surface area (Å²) in [5.74, 6) is -0.262. The lowest BCUT2D eigenvalue weighted by molar-refractivity contribution is 0.628. The van der Waals surface area contributed by atoms with Crippen molar-refractivity contribution in [3.05, 3.63) is 39.6 Å². The van der Waals surface area contributed by atoms with Crippen molar-refractivity contribution in [1.29, 1.82) is 0 Å². The van der Waals surface area contributed by atoms with Crippen LogP contribution in [0.2, 0.25) is 0 Å². The summed E-state index contributed by atoms with van der Waals surface area (Å²) in [6, 6.07) is 6.05. The molecule has 2 rings (SSSR count). The molecule has 15 heavy (non-hydrogen) atoms. The normalized spacial score (nSPS) is 11.0. The third-order valence-corrected chi connectivity index (χ3v) is 2.62. The molecule has 1 aromatic heterocycles. The summed E-state index contributed by atoms with van der Waals surface area (Å²) in [7, 11) is 0. The number of aromatic nitrogens is 2. The lowest BCUT2D eigenvalue weighted by Gasteiger charge is -1.90. The Morgan fingerprint density at radius 3 is 2.73 bits per heavy atom. The van der Waals surface area contributed by atoms with Gasteiger partial charge in [-0.25, -0.2) is 9.38 Å². The fraction of sp³-hybridized carbons (Fsp3) is 0. The molecule has 0 radical (unpaired) electrons. The molecule has 0 bridgehead atoms. The number of aromatic amines is 1. The number of nitrogens with one attached hydrogen (secondary N) is 1. The Bertz CT molecular complexity index is 527. The molecule has 0 atom stereocenters. The second kappa shape index (κ2) is 4.41. The molecule has 76 valence electrons. The van der Waals surface area contributed by atoms with Crippen LogP contribution in [-0.2, 0) is 0 Å². The largest absolute Gasteiger partial charge is 0.256 e. The summed E-state index contributed by atoms with van der Waals surface area (Å²) in [6.07, 6.45) is 1.61. The van der Waals surface area contributed by atoms with Gasteiger partial charge in [0.2, 0.25) is 5.13 Å². The lowest BCUT2D eigenvalue weighted by atomic mass is 10.2. The van der Waals surface area contributed by atoms with Crippen molar-refractivity contribution in [2.24, 2.45) is 4.99 Å². The molecule has 0 saturated heterocycles. The minimum atomic E-state index is -0.262. The van der Waals surface area contributed by atoms with Gasteiger partial charge >= 0.3 is 0 Å². The van der Waals surface area contributed by atoms with Crippen LogP contribution in [0, 0.1) is 9.77 Å². The maximum Gasteiger partial charge on any atom is 0.230 e. The Kier molecular flexibility index (Phi) is 2.98. The third kappa shape index (κ3) is 2.77. The van der Waals surface area contributed by atoms with E-state index in [0.29, 0.717) is 9.09 Å². The topological polar surface area (TPSA) is 41.0 Å². The summed E-state index contributed by atoms with van der Waals surface area (Å²) in [6.45, 7) is 0. The standard InChI is InChI=1S/C9H6FN3S2/c10-7-3-1-6(2-4-7)5-11-8-12-13-9(14)15-8/h1-5H,(H,13,14). The summed E-state index contributed by atoms with van der Waals surface area (Å²) >= 11 is 6.14. The smallest absolute Gasteiger partial charge is 0.230 e.